The van der Waals surface area contributed by atoms with E-state index >= 15 is 0 Å². The van der Waals surface area contributed by atoms with Crippen molar-refractivity contribution in [3.63, 3.8) is 0 Å². The summed E-state index contributed by atoms with van der Waals surface area (Å²) in [5.41, 5.74) is 2.45. The number of carbonyl (C=O) groups excluding carboxylic acids is 1. The van der Waals surface area contributed by atoms with Crippen molar-refractivity contribution in [3.8, 4) is 0 Å². The Morgan fingerprint density at radius 3 is 2.83 bits per heavy atom. The van der Waals surface area contributed by atoms with Gasteiger partial charge in [-0.3, -0.25) is 9.20 Å². The molecule has 120 valence electrons. The summed E-state index contributed by atoms with van der Waals surface area (Å²) in [6.07, 6.45) is 0. The topological polar surface area (TPSA) is 59.3 Å². The Kier molecular flexibility index (Phi) is 3.91. The number of rotatable bonds is 4. The fourth-order valence-corrected chi connectivity index (χ4v) is 4.00. The van der Waals surface area contributed by atoms with Crippen LogP contribution < -0.4 is 5.32 Å². The Labute approximate surface area is 144 Å². The lowest BCUT2D eigenvalue weighted by atomic mass is 10.3. The number of benzene rings is 2. The summed E-state index contributed by atoms with van der Waals surface area (Å²) in [6, 6.07) is 13.5. The zero-order valence-corrected chi connectivity index (χ0v) is 13.9. The van der Waals surface area contributed by atoms with E-state index < -0.39 is 0 Å². The molecule has 0 saturated heterocycles. The second kappa shape index (κ2) is 6.21. The third kappa shape index (κ3) is 2.85. The number of anilines is 1. The van der Waals surface area contributed by atoms with E-state index in [1.54, 1.807) is 0 Å². The van der Waals surface area contributed by atoms with Crippen LogP contribution in [0.25, 0.3) is 16.0 Å². The fourth-order valence-electron chi connectivity index (χ4n) is 2.32. The van der Waals surface area contributed by atoms with E-state index in [2.05, 4.69) is 14.7 Å². The minimum absolute atomic E-state index is 0.169. The highest BCUT2D eigenvalue weighted by Crippen LogP contribution is 2.26. The molecule has 0 unspecified atom stereocenters. The molecule has 5 nitrogen and oxygen atoms in total. The van der Waals surface area contributed by atoms with Crippen LogP contribution in [0.15, 0.2) is 53.7 Å². The molecule has 1 N–H and O–H groups in total. The molecule has 0 aliphatic heterocycles. The summed E-state index contributed by atoms with van der Waals surface area (Å²) in [5, 5.41) is 3.47. The average Bonchev–Trinajstić information content (AvgIpc) is 3.14. The van der Waals surface area contributed by atoms with Crippen LogP contribution in [0.4, 0.5) is 10.1 Å². The maximum Gasteiger partial charge on any atom is 0.234 e. The Morgan fingerprint density at radius 2 is 2.00 bits per heavy atom. The number of aromatic nitrogens is 3. The number of hydrogen-bond acceptors (Lipinski definition) is 5. The number of halogens is 1. The second-order valence-electron chi connectivity index (χ2n) is 5.03. The Bertz CT molecular complexity index is 1030. The molecule has 0 spiro atoms. The number of hydrogen-bond donors (Lipinski definition) is 1. The molecular formula is C16H11FN4OS2. The number of fused-ring (bicyclic) bond motifs is 3. The lowest BCUT2D eigenvalue weighted by Gasteiger charge is -2.04. The standard InChI is InChI=1S/C16H11FN4OS2/c17-10-5-7-11(8-6-10)18-14(22)9-23-16-20-24-15-19-12-3-1-2-4-13(12)21(15)16/h1-8H,9H2,(H,18,22). The number of imidazole rings is 1. The van der Waals surface area contributed by atoms with Crippen LogP contribution in [0.3, 0.4) is 0 Å². The molecule has 4 rings (SSSR count). The minimum Gasteiger partial charge on any atom is -0.325 e. The maximum atomic E-state index is 12.9. The molecule has 0 saturated carbocycles. The van der Waals surface area contributed by atoms with Gasteiger partial charge in [0.15, 0.2) is 5.16 Å². The quantitative estimate of drug-likeness (QED) is 0.564. The van der Waals surface area contributed by atoms with E-state index in [0.717, 1.165) is 21.2 Å². The highest BCUT2D eigenvalue weighted by Gasteiger charge is 2.13. The van der Waals surface area contributed by atoms with E-state index in [1.807, 2.05) is 28.7 Å². The first-order valence-corrected chi connectivity index (χ1v) is 8.88. The molecule has 24 heavy (non-hydrogen) atoms. The highest BCUT2D eigenvalue weighted by atomic mass is 32.2. The molecule has 0 fully saturated rings. The molecule has 4 aromatic rings. The van der Waals surface area contributed by atoms with Crippen molar-refractivity contribution in [1.82, 2.24) is 13.8 Å². The summed E-state index contributed by atoms with van der Waals surface area (Å²) >= 11 is 2.65. The SMILES string of the molecule is O=C(CSc1nsc2nc3ccccc3n12)Nc1ccc(F)cc1. The lowest BCUT2D eigenvalue weighted by Crippen LogP contribution is -2.14. The van der Waals surface area contributed by atoms with Crippen molar-refractivity contribution in [2.75, 3.05) is 11.1 Å². The number of carbonyl (C=O) groups is 1. The number of nitrogens with zero attached hydrogens (tertiary/aromatic N) is 3. The number of thioether (sulfide) groups is 1. The van der Waals surface area contributed by atoms with E-state index in [1.165, 1.54) is 47.6 Å². The number of nitrogens with one attached hydrogen (secondary N) is 1. The summed E-state index contributed by atoms with van der Waals surface area (Å²) in [6.45, 7) is 0. The largest absolute Gasteiger partial charge is 0.325 e. The summed E-state index contributed by atoms with van der Waals surface area (Å²) in [5.74, 6) is -0.292. The van der Waals surface area contributed by atoms with Crippen molar-refractivity contribution in [3.05, 3.63) is 54.3 Å². The first kappa shape index (κ1) is 15.1. The van der Waals surface area contributed by atoms with Gasteiger partial charge in [-0.1, -0.05) is 23.9 Å². The highest BCUT2D eigenvalue weighted by molar-refractivity contribution is 7.99. The van der Waals surface area contributed by atoms with E-state index in [4.69, 9.17) is 0 Å². The molecular weight excluding hydrogens is 347 g/mol. The third-order valence-electron chi connectivity index (χ3n) is 3.39. The summed E-state index contributed by atoms with van der Waals surface area (Å²) in [7, 11) is 0. The molecule has 0 aliphatic carbocycles. The molecule has 0 radical (unpaired) electrons. The smallest absolute Gasteiger partial charge is 0.234 e. The minimum atomic E-state index is -0.334. The van der Waals surface area contributed by atoms with Crippen LogP contribution >= 0.6 is 23.3 Å². The van der Waals surface area contributed by atoms with Gasteiger partial charge < -0.3 is 5.32 Å². The molecule has 0 bridgehead atoms. The first-order chi connectivity index (χ1) is 11.7. The van der Waals surface area contributed by atoms with Crippen molar-refractivity contribution in [2.45, 2.75) is 5.16 Å². The first-order valence-electron chi connectivity index (χ1n) is 7.12. The second-order valence-corrected chi connectivity index (χ2v) is 6.70. The van der Waals surface area contributed by atoms with E-state index in [9.17, 15) is 9.18 Å². The Hall–Kier alpha value is -2.45. The fraction of sp³-hybridized carbons (Fsp3) is 0.0625. The van der Waals surface area contributed by atoms with Gasteiger partial charge in [0.05, 0.1) is 16.8 Å². The monoisotopic (exact) mass is 358 g/mol. The summed E-state index contributed by atoms with van der Waals surface area (Å²) < 4.78 is 19.2. The molecule has 8 heteroatoms. The predicted molar refractivity (Wildman–Crippen MR) is 94.1 cm³/mol. The van der Waals surface area contributed by atoms with Gasteiger partial charge in [0, 0.05) is 17.2 Å². The lowest BCUT2D eigenvalue weighted by molar-refractivity contribution is -0.113. The zero-order chi connectivity index (χ0) is 16.5. The molecule has 0 atom stereocenters. The Balaban J connectivity index is 1.50. The Morgan fingerprint density at radius 1 is 1.21 bits per heavy atom. The van der Waals surface area contributed by atoms with Crippen molar-refractivity contribution in [1.29, 1.82) is 0 Å². The maximum absolute atomic E-state index is 12.9. The van der Waals surface area contributed by atoms with Crippen molar-refractivity contribution < 1.29 is 9.18 Å². The van der Waals surface area contributed by atoms with Crippen LogP contribution in [0.2, 0.25) is 0 Å². The van der Waals surface area contributed by atoms with E-state index in [-0.39, 0.29) is 17.5 Å². The van der Waals surface area contributed by atoms with Crippen LogP contribution in [-0.2, 0) is 4.79 Å². The van der Waals surface area contributed by atoms with Gasteiger partial charge >= 0.3 is 0 Å². The average molecular weight is 358 g/mol. The third-order valence-corrected chi connectivity index (χ3v) is 5.14. The van der Waals surface area contributed by atoms with Crippen LogP contribution in [0, 0.1) is 5.82 Å². The van der Waals surface area contributed by atoms with Gasteiger partial charge in [-0.05, 0) is 36.4 Å². The van der Waals surface area contributed by atoms with Gasteiger partial charge in [-0.2, -0.15) is 4.37 Å². The number of amides is 1. The zero-order valence-electron chi connectivity index (χ0n) is 12.3. The van der Waals surface area contributed by atoms with Crippen molar-refractivity contribution >= 4 is 50.9 Å². The molecule has 0 aliphatic rings. The molecule has 2 aromatic carbocycles. The van der Waals surface area contributed by atoms with E-state index in [0.29, 0.717) is 5.69 Å². The van der Waals surface area contributed by atoms with Crippen LogP contribution in [-0.4, -0.2) is 25.4 Å². The summed E-state index contributed by atoms with van der Waals surface area (Å²) in [4.78, 5) is 17.4. The van der Waals surface area contributed by atoms with Gasteiger partial charge in [-0.15, -0.1) is 0 Å². The van der Waals surface area contributed by atoms with Crippen molar-refractivity contribution in [2.24, 2.45) is 0 Å². The van der Waals surface area contributed by atoms with Crippen LogP contribution in [0.1, 0.15) is 0 Å². The molecule has 1 amide bonds. The van der Waals surface area contributed by atoms with Crippen LogP contribution in [0.5, 0.6) is 0 Å². The predicted octanol–water partition coefficient (Wildman–Crippen LogP) is 3.81. The van der Waals surface area contributed by atoms with Gasteiger partial charge in [0.25, 0.3) is 0 Å². The normalized spacial score (nSPS) is 11.2. The molecule has 2 aromatic heterocycles. The van der Waals surface area contributed by atoms with Gasteiger partial charge in [-0.25, -0.2) is 9.37 Å². The number of para-hydroxylation sites is 2. The van der Waals surface area contributed by atoms with Gasteiger partial charge in [0.1, 0.15) is 5.82 Å². The molecule has 2 heterocycles. The van der Waals surface area contributed by atoms with Gasteiger partial charge in [0.2, 0.25) is 10.9 Å².